The second-order valence-electron chi connectivity index (χ2n) is 7.46. The number of aromatic amines is 2. The molecule has 9 heteroatoms. The molecule has 0 atom stereocenters. The lowest BCUT2D eigenvalue weighted by Gasteiger charge is -2.32. The van der Waals surface area contributed by atoms with E-state index in [0.717, 1.165) is 42.2 Å². The Hall–Kier alpha value is -3.88. The maximum Gasteiger partial charge on any atom is 0.326 e. The predicted octanol–water partition coefficient (Wildman–Crippen LogP) is 4.91. The number of aromatic nitrogens is 5. The molecule has 0 bridgehead atoms. The number of anilines is 3. The van der Waals surface area contributed by atoms with E-state index in [0.29, 0.717) is 17.0 Å². The van der Waals surface area contributed by atoms with Crippen molar-refractivity contribution in [2.45, 2.75) is 20.3 Å². The van der Waals surface area contributed by atoms with E-state index in [1.165, 1.54) is 0 Å². The van der Waals surface area contributed by atoms with Gasteiger partial charge in [-0.25, -0.2) is 4.39 Å². The summed E-state index contributed by atoms with van der Waals surface area (Å²) in [5.74, 6) is 1.49. The minimum Gasteiger partial charge on any atom is -0.421 e. The summed E-state index contributed by atoms with van der Waals surface area (Å²) in [4.78, 5) is 14.2. The number of halogens is 1. The summed E-state index contributed by atoms with van der Waals surface area (Å²) in [5.41, 5.74) is 2.47. The molecule has 0 amide bonds. The lowest BCUT2D eigenvalue weighted by atomic mass is 10.2. The summed E-state index contributed by atoms with van der Waals surface area (Å²) in [6.45, 7) is 5.64. The molecule has 1 saturated heterocycles. The molecule has 4 heterocycles. The lowest BCUT2D eigenvalue weighted by Crippen LogP contribution is -2.37. The molecule has 3 aromatic heterocycles. The molecule has 0 saturated carbocycles. The summed E-state index contributed by atoms with van der Waals surface area (Å²) in [6, 6.07) is 8.89. The van der Waals surface area contributed by atoms with Crippen LogP contribution < -0.4 is 15.0 Å². The Morgan fingerprint density at radius 3 is 2.81 bits per heavy atom. The maximum absolute atomic E-state index is 15.0. The van der Waals surface area contributed by atoms with Crippen LogP contribution in [0, 0.1) is 12.7 Å². The average molecular weight is 419 g/mol. The fourth-order valence-corrected chi connectivity index (χ4v) is 3.49. The molecule has 0 aliphatic carbocycles. The van der Waals surface area contributed by atoms with Gasteiger partial charge in [0.15, 0.2) is 17.4 Å². The first kappa shape index (κ1) is 19.1. The fourth-order valence-electron chi connectivity index (χ4n) is 3.49. The zero-order valence-corrected chi connectivity index (χ0v) is 17.2. The third-order valence-corrected chi connectivity index (χ3v) is 5.11. The third-order valence-electron chi connectivity index (χ3n) is 5.11. The highest BCUT2D eigenvalue weighted by atomic mass is 19.1. The molecule has 3 N–H and O–H groups in total. The number of fused-ring (bicyclic) bond motifs is 1. The van der Waals surface area contributed by atoms with Gasteiger partial charge in [-0.15, -0.1) is 0 Å². The molecule has 8 nitrogen and oxygen atoms in total. The SMILES string of the molecule is C/C=C/c1cc(Nc2cc(N3CCC3)nc(Oc3ccc4[nH]c(C)cc4c3F)n2)n[nH]1. The van der Waals surface area contributed by atoms with Crippen molar-refractivity contribution in [2.24, 2.45) is 0 Å². The fraction of sp³-hybridized carbons (Fsp3) is 0.227. The number of aryl methyl sites for hydroxylation is 1. The molecular formula is C22H22FN7O. The smallest absolute Gasteiger partial charge is 0.326 e. The molecule has 0 radical (unpaired) electrons. The van der Waals surface area contributed by atoms with Gasteiger partial charge in [-0.05, 0) is 44.5 Å². The van der Waals surface area contributed by atoms with Gasteiger partial charge in [0.05, 0.1) is 5.69 Å². The highest BCUT2D eigenvalue weighted by Crippen LogP contribution is 2.31. The Bertz CT molecular complexity index is 1270. The van der Waals surface area contributed by atoms with Gasteiger partial charge in [-0.1, -0.05) is 6.08 Å². The zero-order valence-electron chi connectivity index (χ0n) is 17.2. The normalized spacial score (nSPS) is 13.7. The van der Waals surface area contributed by atoms with E-state index in [1.54, 1.807) is 18.2 Å². The van der Waals surface area contributed by atoms with E-state index >= 15 is 0 Å². The molecule has 0 spiro atoms. The van der Waals surface area contributed by atoms with E-state index in [1.807, 2.05) is 38.1 Å². The van der Waals surface area contributed by atoms with Crippen LogP contribution in [0.5, 0.6) is 11.8 Å². The number of allylic oxidation sites excluding steroid dienone is 1. The van der Waals surface area contributed by atoms with E-state index < -0.39 is 5.82 Å². The number of nitrogens with zero attached hydrogens (tertiary/aromatic N) is 4. The van der Waals surface area contributed by atoms with Crippen molar-refractivity contribution >= 4 is 34.4 Å². The van der Waals surface area contributed by atoms with Crippen LogP contribution in [0.3, 0.4) is 0 Å². The number of nitrogens with one attached hydrogen (secondary N) is 3. The first-order chi connectivity index (χ1) is 15.1. The molecule has 1 aliphatic heterocycles. The minimum atomic E-state index is -0.447. The Labute approximate surface area is 178 Å². The van der Waals surface area contributed by atoms with Gasteiger partial charge < -0.3 is 19.9 Å². The van der Waals surface area contributed by atoms with Crippen molar-refractivity contribution < 1.29 is 9.13 Å². The van der Waals surface area contributed by atoms with Gasteiger partial charge in [0, 0.05) is 41.8 Å². The number of hydrogen-bond donors (Lipinski definition) is 3. The van der Waals surface area contributed by atoms with Gasteiger partial charge >= 0.3 is 6.01 Å². The molecule has 1 fully saturated rings. The van der Waals surface area contributed by atoms with Crippen LogP contribution in [-0.2, 0) is 0 Å². The number of benzene rings is 1. The van der Waals surface area contributed by atoms with Crippen molar-refractivity contribution in [3.05, 3.63) is 53.6 Å². The molecule has 1 aromatic carbocycles. The Morgan fingerprint density at radius 2 is 2.03 bits per heavy atom. The molecule has 5 rings (SSSR count). The van der Waals surface area contributed by atoms with E-state index in [2.05, 4.69) is 35.4 Å². The first-order valence-electron chi connectivity index (χ1n) is 10.1. The monoisotopic (exact) mass is 419 g/mol. The molecular weight excluding hydrogens is 397 g/mol. The summed E-state index contributed by atoms with van der Waals surface area (Å²) >= 11 is 0. The quantitative estimate of drug-likeness (QED) is 0.411. The van der Waals surface area contributed by atoms with Crippen molar-refractivity contribution in [1.82, 2.24) is 25.1 Å². The second kappa shape index (κ2) is 7.75. The molecule has 0 unspecified atom stereocenters. The number of hydrogen-bond acceptors (Lipinski definition) is 6. The van der Waals surface area contributed by atoms with Crippen molar-refractivity contribution in [2.75, 3.05) is 23.3 Å². The van der Waals surface area contributed by atoms with Gasteiger partial charge in [-0.2, -0.15) is 15.1 Å². The second-order valence-corrected chi connectivity index (χ2v) is 7.46. The largest absolute Gasteiger partial charge is 0.421 e. The number of H-pyrrole nitrogens is 2. The Balaban J connectivity index is 1.47. The summed E-state index contributed by atoms with van der Waals surface area (Å²) in [5, 5.41) is 10.8. The van der Waals surface area contributed by atoms with Gasteiger partial charge in [0.1, 0.15) is 11.6 Å². The third kappa shape index (κ3) is 3.81. The van der Waals surface area contributed by atoms with Crippen LogP contribution in [0.2, 0.25) is 0 Å². The Morgan fingerprint density at radius 1 is 1.16 bits per heavy atom. The topological polar surface area (TPSA) is 94.8 Å². The Kier molecular flexibility index (Phi) is 4.78. The van der Waals surface area contributed by atoms with E-state index in [4.69, 9.17) is 4.74 Å². The van der Waals surface area contributed by atoms with Crippen LogP contribution in [-0.4, -0.2) is 38.2 Å². The van der Waals surface area contributed by atoms with Crippen LogP contribution in [0.4, 0.5) is 21.8 Å². The predicted molar refractivity (Wildman–Crippen MR) is 119 cm³/mol. The standard InChI is InChI=1S/C22H22FN7O/c1-3-5-14-11-19(29-28-14)25-18-12-20(30-8-4-9-30)27-22(26-18)31-17-7-6-16-15(21(17)23)10-13(2)24-16/h3,5-7,10-12,24H,4,8-9H2,1-2H3,(H2,25,26,27,28,29)/b5-3+. The molecule has 31 heavy (non-hydrogen) atoms. The zero-order chi connectivity index (χ0) is 21.4. The van der Waals surface area contributed by atoms with E-state index in [9.17, 15) is 4.39 Å². The highest BCUT2D eigenvalue weighted by Gasteiger charge is 2.20. The lowest BCUT2D eigenvalue weighted by molar-refractivity contribution is 0.413. The van der Waals surface area contributed by atoms with Gasteiger partial charge in [0.2, 0.25) is 0 Å². The van der Waals surface area contributed by atoms with Crippen molar-refractivity contribution in [3.63, 3.8) is 0 Å². The van der Waals surface area contributed by atoms with Gasteiger partial charge in [0.25, 0.3) is 0 Å². The number of rotatable bonds is 6. The molecule has 158 valence electrons. The molecule has 4 aromatic rings. The minimum absolute atomic E-state index is 0.0709. The van der Waals surface area contributed by atoms with Crippen LogP contribution in [0.15, 0.2) is 36.4 Å². The molecule has 1 aliphatic rings. The van der Waals surface area contributed by atoms with E-state index in [-0.39, 0.29) is 11.8 Å². The first-order valence-corrected chi connectivity index (χ1v) is 10.1. The summed E-state index contributed by atoms with van der Waals surface area (Å²) in [7, 11) is 0. The van der Waals surface area contributed by atoms with Crippen molar-refractivity contribution in [1.29, 1.82) is 0 Å². The highest BCUT2D eigenvalue weighted by molar-refractivity contribution is 5.82. The average Bonchev–Trinajstić information content (AvgIpc) is 3.29. The summed E-state index contributed by atoms with van der Waals surface area (Å²) in [6.07, 6.45) is 4.94. The maximum atomic E-state index is 15.0. The van der Waals surface area contributed by atoms with Crippen LogP contribution in [0.25, 0.3) is 17.0 Å². The van der Waals surface area contributed by atoms with Crippen LogP contribution in [0.1, 0.15) is 24.7 Å². The van der Waals surface area contributed by atoms with Crippen molar-refractivity contribution in [3.8, 4) is 11.8 Å². The number of ether oxygens (including phenoxy) is 1. The van der Waals surface area contributed by atoms with Crippen LogP contribution >= 0.6 is 0 Å². The van der Waals surface area contributed by atoms with Gasteiger partial charge in [-0.3, -0.25) is 5.10 Å². The summed E-state index contributed by atoms with van der Waals surface area (Å²) < 4.78 is 20.8.